The summed E-state index contributed by atoms with van der Waals surface area (Å²) in [5.41, 5.74) is 5.00. The van der Waals surface area contributed by atoms with Crippen molar-refractivity contribution in [3.8, 4) is 0 Å². The molecule has 82 valence electrons. The van der Waals surface area contributed by atoms with Crippen LogP contribution in [0.4, 0.5) is 0 Å². The van der Waals surface area contributed by atoms with E-state index in [0.29, 0.717) is 5.41 Å². The Morgan fingerprint density at radius 1 is 1.33 bits per heavy atom. The van der Waals surface area contributed by atoms with Crippen LogP contribution < -0.4 is 0 Å². The minimum absolute atomic E-state index is 0.384. The first kappa shape index (κ1) is 10.7. The molecule has 0 spiro atoms. The van der Waals surface area contributed by atoms with Gasteiger partial charge in [0.15, 0.2) is 0 Å². The number of rotatable bonds is 1. The van der Waals surface area contributed by atoms with E-state index in [2.05, 4.69) is 45.9 Å². The fraction of sp³-hybridized carbons (Fsp3) is 0.600. The van der Waals surface area contributed by atoms with E-state index in [0.717, 1.165) is 5.92 Å². The van der Waals surface area contributed by atoms with E-state index in [4.69, 9.17) is 0 Å². The number of fused-ring (bicyclic) bond motifs is 1. The van der Waals surface area contributed by atoms with Crippen LogP contribution in [0.25, 0.3) is 0 Å². The highest BCUT2D eigenvalue weighted by Crippen LogP contribution is 2.43. The van der Waals surface area contributed by atoms with Crippen LogP contribution in [0.5, 0.6) is 0 Å². The Hall–Kier alpha value is -0.780. The Morgan fingerprint density at radius 3 is 2.73 bits per heavy atom. The van der Waals surface area contributed by atoms with Crippen LogP contribution in [-0.2, 0) is 5.41 Å². The van der Waals surface area contributed by atoms with Crippen LogP contribution in [0.2, 0.25) is 0 Å². The highest BCUT2D eigenvalue weighted by Gasteiger charge is 2.31. The van der Waals surface area contributed by atoms with E-state index in [-0.39, 0.29) is 0 Å². The van der Waals surface area contributed by atoms with Crippen LogP contribution in [0.15, 0.2) is 18.2 Å². The number of aryl methyl sites for hydroxylation is 1. The summed E-state index contributed by atoms with van der Waals surface area (Å²) in [6.07, 6.45) is 3.98. The molecule has 0 N–H and O–H groups in total. The number of hydrogen-bond donors (Lipinski definition) is 0. The maximum absolute atomic E-state index is 2.41. The lowest BCUT2D eigenvalue weighted by atomic mass is 9.68. The Bertz CT molecular complexity index is 360. The molecule has 0 aromatic heterocycles. The first-order chi connectivity index (χ1) is 7.04. The summed E-state index contributed by atoms with van der Waals surface area (Å²) in [6, 6.07) is 7.02. The van der Waals surface area contributed by atoms with Gasteiger partial charge in [-0.2, -0.15) is 0 Å². The maximum atomic E-state index is 2.41. The molecule has 0 heterocycles. The average Bonchev–Trinajstić information content (AvgIpc) is 2.17. The molecule has 0 aliphatic heterocycles. The van der Waals surface area contributed by atoms with Crippen molar-refractivity contribution < 1.29 is 0 Å². The molecule has 0 fully saturated rings. The Morgan fingerprint density at radius 2 is 2.07 bits per heavy atom. The highest BCUT2D eigenvalue weighted by molar-refractivity contribution is 5.40. The molecule has 1 aromatic carbocycles. The quantitative estimate of drug-likeness (QED) is 0.626. The van der Waals surface area contributed by atoms with Crippen molar-refractivity contribution in [2.45, 2.75) is 58.3 Å². The maximum Gasteiger partial charge on any atom is -0.0100 e. The molecule has 1 unspecified atom stereocenters. The number of benzene rings is 1. The van der Waals surface area contributed by atoms with E-state index < -0.39 is 0 Å². The predicted octanol–water partition coefficient (Wildman–Crippen LogP) is 4.56. The van der Waals surface area contributed by atoms with Crippen molar-refractivity contribution in [1.82, 2.24) is 0 Å². The van der Waals surface area contributed by atoms with E-state index >= 15 is 0 Å². The Labute approximate surface area is 93.7 Å². The molecule has 0 saturated heterocycles. The van der Waals surface area contributed by atoms with Crippen molar-refractivity contribution in [3.05, 3.63) is 34.9 Å². The lowest BCUT2D eigenvalue weighted by Gasteiger charge is -2.37. The summed E-state index contributed by atoms with van der Waals surface area (Å²) in [5.74, 6) is 0.799. The summed E-state index contributed by atoms with van der Waals surface area (Å²) in [7, 11) is 0. The van der Waals surface area contributed by atoms with Gasteiger partial charge in [0, 0.05) is 0 Å². The van der Waals surface area contributed by atoms with Crippen molar-refractivity contribution in [2.24, 2.45) is 0 Å². The van der Waals surface area contributed by atoms with Crippen LogP contribution in [0, 0.1) is 6.92 Å². The van der Waals surface area contributed by atoms with Crippen molar-refractivity contribution in [2.75, 3.05) is 0 Å². The van der Waals surface area contributed by atoms with Gasteiger partial charge in [0.2, 0.25) is 0 Å². The van der Waals surface area contributed by atoms with Gasteiger partial charge in [-0.1, -0.05) is 44.5 Å². The Balaban J connectivity index is 2.53. The fourth-order valence-corrected chi connectivity index (χ4v) is 2.89. The second-order valence-corrected chi connectivity index (χ2v) is 5.62. The molecule has 15 heavy (non-hydrogen) atoms. The van der Waals surface area contributed by atoms with Gasteiger partial charge in [0.25, 0.3) is 0 Å². The van der Waals surface area contributed by atoms with Crippen molar-refractivity contribution in [1.29, 1.82) is 0 Å². The van der Waals surface area contributed by atoms with Gasteiger partial charge in [0.05, 0.1) is 0 Å². The molecular formula is C15H22. The standard InChI is InChI=1S/C15H22/c1-5-12-8-9-15(3,4)14-7-6-11(2)10-13(12)14/h6-7,10,12H,5,8-9H2,1-4H3. The largest absolute Gasteiger partial charge is 0.0648 e. The molecule has 1 aromatic rings. The molecule has 1 aliphatic carbocycles. The minimum Gasteiger partial charge on any atom is -0.0648 e. The van der Waals surface area contributed by atoms with Gasteiger partial charge >= 0.3 is 0 Å². The first-order valence-corrected chi connectivity index (χ1v) is 6.15. The molecular weight excluding hydrogens is 180 g/mol. The molecule has 1 aliphatic rings. The van der Waals surface area contributed by atoms with Gasteiger partial charge in [-0.05, 0) is 48.6 Å². The molecule has 0 saturated carbocycles. The zero-order valence-corrected chi connectivity index (χ0v) is 10.4. The van der Waals surface area contributed by atoms with Gasteiger partial charge in [-0.25, -0.2) is 0 Å². The smallest absolute Gasteiger partial charge is 0.0100 e. The zero-order valence-electron chi connectivity index (χ0n) is 10.4. The molecule has 0 bridgehead atoms. The van der Waals surface area contributed by atoms with Crippen LogP contribution in [0.3, 0.4) is 0 Å². The van der Waals surface area contributed by atoms with E-state index in [1.807, 2.05) is 0 Å². The number of hydrogen-bond acceptors (Lipinski definition) is 0. The third kappa shape index (κ3) is 1.82. The highest BCUT2D eigenvalue weighted by atomic mass is 14.4. The lowest BCUT2D eigenvalue weighted by Crippen LogP contribution is -2.26. The first-order valence-electron chi connectivity index (χ1n) is 6.15. The summed E-state index contributed by atoms with van der Waals surface area (Å²) < 4.78 is 0. The van der Waals surface area contributed by atoms with Gasteiger partial charge < -0.3 is 0 Å². The molecule has 0 heteroatoms. The normalized spacial score (nSPS) is 23.6. The molecule has 0 radical (unpaired) electrons. The predicted molar refractivity (Wildman–Crippen MR) is 66.5 cm³/mol. The summed E-state index contributed by atoms with van der Waals surface area (Å²) in [6.45, 7) is 9.28. The Kier molecular flexibility index (Phi) is 2.62. The van der Waals surface area contributed by atoms with Crippen molar-refractivity contribution in [3.63, 3.8) is 0 Å². The third-order valence-corrected chi connectivity index (χ3v) is 3.99. The van der Waals surface area contributed by atoms with E-state index in [1.165, 1.54) is 24.8 Å². The molecule has 1 atom stereocenters. The van der Waals surface area contributed by atoms with Gasteiger partial charge in [-0.15, -0.1) is 0 Å². The van der Waals surface area contributed by atoms with Crippen LogP contribution >= 0.6 is 0 Å². The SMILES string of the molecule is CCC1CCC(C)(C)c2ccc(C)cc21. The third-order valence-electron chi connectivity index (χ3n) is 3.99. The zero-order chi connectivity index (χ0) is 11.1. The second-order valence-electron chi connectivity index (χ2n) is 5.62. The summed E-state index contributed by atoms with van der Waals surface area (Å²) >= 11 is 0. The second kappa shape index (κ2) is 3.66. The fourth-order valence-electron chi connectivity index (χ4n) is 2.89. The lowest BCUT2D eigenvalue weighted by molar-refractivity contribution is 0.387. The van der Waals surface area contributed by atoms with Crippen LogP contribution in [0.1, 0.15) is 62.6 Å². The van der Waals surface area contributed by atoms with Gasteiger partial charge in [-0.3, -0.25) is 0 Å². The van der Waals surface area contributed by atoms with E-state index in [1.54, 1.807) is 11.1 Å². The minimum atomic E-state index is 0.384. The molecule has 2 rings (SSSR count). The van der Waals surface area contributed by atoms with Crippen molar-refractivity contribution >= 4 is 0 Å². The van der Waals surface area contributed by atoms with Gasteiger partial charge in [0.1, 0.15) is 0 Å². The monoisotopic (exact) mass is 202 g/mol. The van der Waals surface area contributed by atoms with Crippen LogP contribution in [-0.4, -0.2) is 0 Å². The summed E-state index contributed by atoms with van der Waals surface area (Å²) in [4.78, 5) is 0. The summed E-state index contributed by atoms with van der Waals surface area (Å²) in [5, 5.41) is 0. The average molecular weight is 202 g/mol. The molecule has 0 nitrogen and oxygen atoms in total. The topological polar surface area (TPSA) is 0 Å². The van der Waals surface area contributed by atoms with E-state index in [9.17, 15) is 0 Å². The molecule has 0 amide bonds.